The number of nitrogens with zero attached hydrogens (tertiary/aromatic N) is 2. The Morgan fingerprint density at radius 2 is 2.03 bits per heavy atom. The second-order valence-corrected chi connectivity index (χ2v) is 11.4. The molecule has 0 radical (unpaired) electrons. The van der Waals surface area contributed by atoms with E-state index in [1.807, 2.05) is 5.38 Å². The summed E-state index contributed by atoms with van der Waals surface area (Å²) in [5.41, 5.74) is 1.80. The number of thiazole rings is 1. The summed E-state index contributed by atoms with van der Waals surface area (Å²) in [4.78, 5) is 19.5. The van der Waals surface area contributed by atoms with Crippen LogP contribution < -0.4 is 10.0 Å². The molecule has 10 heteroatoms. The normalized spacial score (nSPS) is 17.4. The molecule has 0 spiro atoms. The molecule has 1 amide bonds. The van der Waals surface area contributed by atoms with Gasteiger partial charge in [0.15, 0.2) is 5.13 Å². The van der Waals surface area contributed by atoms with Gasteiger partial charge in [0.05, 0.1) is 5.69 Å². The van der Waals surface area contributed by atoms with Crippen molar-refractivity contribution < 1.29 is 13.2 Å². The molecule has 1 aliphatic heterocycles. The number of benzene rings is 1. The van der Waals surface area contributed by atoms with Gasteiger partial charge >= 0.3 is 0 Å². The van der Waals surface area contributed by atoms with Gasteiger partial charge in [-0.3, -0.25) is 19.7 Å². The standard InChI is InChI=1S/C21H24N4O3S3/c1-15-4-2-10-25(12-15)13-18-14-30-21(22-18)23-20(26)16-6-8-17(9-7-16)24-31(27,28)19-5-3-11-29-19/h3,5-9,11,14-15,24H,2,4,10,12-13H2,1H3,(H,22,23,26). The number of carbonyl (C=O) groups excluding carboxylic acids is 1. The van der Waals surface area contributed by atoms with Crippen molar-refractivity contribution in [3.63, 3.8) is 0 Å². The van der Waals surface area contributed by atoms with E-state index in [4.69, 9.17) is 0 Å². The van der Waals surface area contributed by atoms with Gasteiger partial charge in [-0.05, 0) is 61.0 Å². The van der Waals surface area contributed by atoms with E-state index >= 15 is 0 Å². The molecule has 3 heterocycles. The Bertz CT molecular complexity index is 1130. The summed E-state index contributed by atoms with van der Waals surface area (Å²) in [6.07, 6.45) is 2.50. The Kier molecular flexibility index (Phi) is 6.71. The first-order valence-corrected chi connectivity index (χ1v) is 13.3. The second kappa shape index (κ2) is 9.47. The van der Waals surface area contributed by atoms with Crippen LogP contribution in [0.25, 0.3) is 0 Å². The van der Waals surface area contributed by atoms with Gasteiger partial charge in [-0.25, -0.2) is 13.4 Å². The highest BCUT2D eigenvalue weighted by molar-refractivity contribution is 7.94. The summed E-state index contributed by atoms with van der Waals surface area (Å²) in [5.74, 6) is 0.435. The number of amides is 1. The number of thiophene rings is 1. The van der Waals surface area contributed by atoms with E-state index in [2.05, 4.69) is 26.8 Å². The molecule has 0 saturated carbocycles. The van der Waals surface area contributed by atoms with Crippen molar-refractivity contribution in [2.45, 2.75) is 30.5 Å². The average Bonchev–Trinajstić information content (AvgIpc) is 3.41. The smallest absolute Gasteiger partial charge is 0.271 e. The van der Waals surface area contributed by atoms with Crippen LogP contribution in [-0.4, -0.2) is 37.3 Å². The Morgan fingerprint density at radius 1 is 1.23 bits per heavy atom. The molecule has 3 aromatic rings. The largest absolute Gasteiger partial charge is 0.298 e. The van der Waals surface area contributed by atoms with E-state index in [-0.39, 0.29) is 10.1 Å². The van der Waals surface area contributed by atoms with Gasteiger partial charge in [0.1, 0.15) is 4.21 Å². The Balaban J connectivity index is 1.34. The average molecular weight is 477 g/mol. The third kappa shape index (κ3) is 5.70. The molecule has 4 rings (SSSR count). The molecule has 2 N–H and O–H groups in total. The van der Waals surface area contributed by atoms with Gasteiger partial charge in [0.25, 0.3) is 15.9 Å². The van der Waals surface area contributed by atoms with Crippen LogP contribution in [0.5, 0.6) is 0 Å². The van der Waals surface area contributed by atoms with Crippen LogP contribution in [0.15, 0.2) is 51.4 Å². The molecular formula is C21H24N4O3S3. The first-order chi connectivity index (χ1) is 14.9. The summed E-state index contributed by atoms with van der Waals surface area (Å²) < 4.78 is 27.4. The van der Waals surface area contributed by atoms with Crippen LogP contribution >= 0.6 is 22.7 Å². The van der Waals surface area contributed by atoms with Crippen LogP contribution in [-0.2, 0) is 16.6 Å². The maximum Gasteiger partial charge on any atom is 0.271 e. The van der Waals surface area contributed by atoms with Crippen LogP contribution in [0.1, 0.15) is 35.8 Å². The highest BCUT2D eigenvalue weighted by Crippen LogP contribution is 2.23. The van der Waals surface area contributed by atoms with Crippen molar-refractivity contribution in [2.75, 3.05) is 23.1 Å². The summed E-state index contributed by atoms with van der Waals surface area (Å²) in [7, 11) is -3.61. The summed E-state index contributed by atoms with van der Waals surface area (Å²) >= 11 is 2.56. The number of hydrogen-bond donors (Lipinski definition) is 2. The fourth-order valence-electron chi connectivity index (χ4n) is 3.58. The fourth-order valence-corrected chi connectivity index (χ4v) is 6.33. The van der Waals surface area contributed by atoms with E-state index < -0.39 is 10.0 Å². The lowest BCUT2D eigenvalue weighted by Crippen LogP contribution is -2.33. The van der Waals surface area contributed by atoms with Crippen molar-refractivity contribution in [1.82, 2.24) is 9.88 Å². The highest BCUT2D eigenvalue weighted by Gasteiger charge is 2.18. The molecule has 1 atom stereocenters. The monoisotopic (exact) mass is 476 g/mol. The molecule has 2 aromatic heterocycles. The minimum atomic E-state index is -3.61. The van der Waals surface area contributed by atoms with Crippen molar-refractivity contribution in [2.24, 2.45) is 5.92 Å². The van der Waals surface area contributed by atoms with Gasteiger partial charge in [0, 0.05) is 29.7 Å². The van der Waals surface area contributed by atoms with Gasteiger partial charge in [-0.1, -0.05) is 13.0 Å². The van der Waals surface area contributed by atoms with Crippen molar-refractivity contribution in [3.8, 4) is 0 Å². The lowest BCUT2D eigenvalue weighted by molar-refractivity contribution is 0.102. The van der Waals surface area contributed by atoms with Crippen molar-refractivity contribution >= 4 is 49.4 Å². The van der Waals surface area contributed by atoms with Crippen LogP contribution in [0.2, 0.25) is 0 Å². The van der Waals surface area contributed by atoms with Gasteiger partial charge < -0.3 is 0 Å². The Hall–Kier alpha value is -2.27. The molecular weight excluding hydrogens is 452 g/mol. The predicted molar refractivity (Wildman–Crippen MR) is 125 cm³/mol. The number of piperidine rings is 1. The predicted octanol–water partition coefficient (Wildman–Crippen LogP) is 4.49. The van der Waals surface area contributed by atoms with E-state index in [0.29, 0.717) is 22.3 Å². The third-order valence-electron chi connectivity index (χ3n) is 5.06. The summed E-state index contributed by atoms with van der Waals surface area (Å²) in [6.45, 7) is 5.25. The zero-order chi connectivity index (χ0) is 21.8. The lowest BCUT2D eigenvalue weighted by Gasteiger charge is -2.30. The van der Waals surface area contributed by atoms with E-state index in [9.17, 15) is 13.2 Å². The van der Waals surface area contributed by atoms with Crippen molar-refractivity contribution in [3.05, 3.63) is 58.4 Å². The first-order valence-electron chi connectivity index (χ1n) is 10.0. The van der Waals surface area contributed by atoms with Crippen LogP contribution in [0.4, 0.5) is 10.8 Å². The molecule has 0 aliphatic carbocycles. The van der Waals surface area contributed by atoms with Crippen LogP contribution in [0.3, 0.4) is 0 Å². The highest BCUT2D eigenvalue weighted by atomic mass is 32.2. The topological polar surface area (TPSA) is 91.4 Å². The van der Waals surface area contributed by atoms with E-state index in [1.54, 1.807) is 41.8 Å². The molecule has 31 heavy (non-hydrogen) atoms. The number of carbonyl (C=O) groups is 1. The van der Waals surface area contributed by atoms with Gasteiger partial charge in [-0.2, -0.15) is 0 Å². The number of sulfonamides is 1. The zero-order valence-electron chi connectivity index (χ0n) is 17.1. The lowest BCUT2D eigenvalue weighted by atomic mass is 10.0. The Morgan fingerprint density at radius 3 is 2.74 bits per heavy atom. The number of anilines is 2. The summed E-state index contributed by atoms with van der Waals surface area (Å²) in [6, 6.07) is 9.55. The van der Waals surface area contributed by atoms with Gasteiger partial charge in [0.2, 0.25) is 0 Å². The quantitative estimate of drug-likeness (QED) is 0.524. The second-order valence-electron chi connectivity index (χ2n) is 7.70. The minimum absolute atomic E-state index is 0.243. The van der Waals surface area contributed by atoms with E-state index in [1.165, 1.54) is 24.2 Å². The number of nitrogens with one attached hydrogen (secondary N) is 2. The fraction of sp³-hybridized carbons (Fsp3) is 0.333. The van der Waals surface area contributed by atoms with E-state index in [0.717, 1.165) is 36.7 Å². The SMILES string of the molecule is CC1CCCN(Cc2csc(NC(=O)c3ccc(NS(=O)(=O)c4cccs4)cc3)n2)C1. The molecule has 164 valence electrons. The first kappa shape index (κ1) is 21.9. The van der Waals surface area contributed by atoms with Crippen molar-refractivity contribution in [1.29, 1.82) is 0 Å². The minimum Gasteiger partial charge on any atom is -0.298 e. The maximum absolute atomic E-state index is 12.5. The third-order valence-corrected chi connectivity index (χ3v) is 8.64. The number of aromatic nitrogens is 1. The maximum atomic E-state index is 12.5. The number of hydrogen-bond acceptors (Lipinski definition) is 7. The molecule has 1 saturated heterocycles. The Labute approximate surface area is 190 Å². The summed E-state index contributed by atoms with van der Waals surface area (Å²) in [5, 5.41) is 7.08. The number of likely N-dealkylation sites (tertiary alicyclic amines) is 1. The molecule has 1 aliphatic rings. The zero-order valence-corrected chi connectivity index (χ0v) is 19.5. The molecule has 7 nitrogen and oxygen atoms in total. The van der Waals surface area contributed by atoms with Crippen LogP contribution in [0, 0.1) is 5.92 Å². The molecule has 0 bridgehead atoms. The number of rotatable bonds is 7. The molecule has 1 fully saturated rings. The molecule has 1 aromatic carbocycles. The molecule has 1 unspecified atom stereocenters. The van der Waals surface area contributed by atoms with Gasteiger partial charge in [-0.15, -0.1) is 22.7 Å².